The van der Waals surface area contributed by atoms with Crippen LogP contribution in [-0.2, 0) is 16.3 Å². The Morgan fingerprint density at radius 2 is 1.72 bits per heavy atom. The lowest BCUT2D eigenvalue weighted by atomic mass is 10.00. The van der Waals surface area contributed by atoms with E-state index in [0.29, 0.717) is 16.2 Å². The van der Waals surface area contributed by atoms with E-state index in [2.05, 4.69) is 0 Å². The summed E-state index contributed by atoms with van der Waals surface area (Å²) in [5, 5.41) is 0. The minimum atomic E-state index is -3.35. The fourth-order valence-electron chi connectivity index (χ4n) is 2.79. The van der Waals surface area contributed by atoms with Crippen molar-refractivity contribution in [3.63, 3.8) is 0 Å². The molecule has 0 aliphatic carbocycles. The van der Waals surface area contributed by atoms with Crippen molar-refractivity contribution in [3.8, 4) is 0 Å². The summed E-state index contributed by atoms with van der Waals surface area (Å²) in [4.78, 5) is 0.969. The molecule has 0 saturated carbocycles. The van der Waals surface area contributed by atoms with E-state index < -0.39 is 9.84 Å². The summed E-state index contributed by atoms with van der Waals surface area (Å²) in [6, 6.07) is 11.2. The lowest BCUT2D eigenvalue weighted by Crippen LogP contribution is -2.16. The number of hydrogen-bond donors (Lipinski definition) is 0. The van der Waals surface area contributed by atoms with Gasteiger partial charge < -0.3 is 0 Å². The molecule has 1 aliphatic heterocycles. The van der Waals surface area contributed by atoms with Gasteiger partial charge in [-0.05, 0) is 36.6 Å². The quantitative estimate of drug-likeness (QED) is 0.621. The summed E-state index contributed by atoms with van der Waals surface area (Å²) in [6.07, 6.45) is 0.702. The molecule has 1 aliphatic rings. The summed E-state index contributed by atoms with van der Waals surface area (Å²) >= 11 is 0. The SMILES string of the molecule is Cc1cc(C)c2c(c1)Cc1ccccc1S2(=O)=O. The van der Waals surface area contributed by atoms with Gasteiger partial charge in [-0.3, -0.25) is 0 Å². The molecule has 0 atom stereocenters. The third kappa shape index (κ3) is 1.51. The Balaban J connectivity index is 2.39. The first-order chi connectivity index (χ1) is 8.50. The molecule has 2 nitrogen and oxygen atoms in total. The molecule has 18 heavy (non-hydrogen) atoms. The molecule has 3 heteroatoms. The van der Waals surface area contributed by atoms with Crippen molar-refractivity contribution in [2.24, 2.45) is 0 Å². The molecule has 0 aromatic heterocycles. The van der Waals surface area contributed by atoms with Gasteiger partial charge in [0.25, 0.3) is 0 Å². The van der Waals surface area contributed by atoms with Crippen molar-refractivity contribution in [3.05, 3.63) is 58.7 Å². The Bertz CT molecular complexity index is 743. The second-order valence-corrected chi connectivity index (χ2v) is 6.71. The Kier molecular flexibility index (Phi) is 2.35. The van der Waals surface area contributed by atoms with Gasteiger partial charge in [0.05, 0.1) is 9.79 Å². The van der Waals surface area contributed by atoms with Crippen LogP contribution in [0.1, 0.15) is 22.3 Å². The van der Waals surface area contributed by atoms with Crippen LogP contribution in [-0.4, -0.2) is 8.42 Å². The van der Waals surface area contributed by atoms with Crippen LogP contribution in [0, 0.1) is 13.8 Å². The molecule has 2 aromatic carbocycles. The summed E-state index contributed by atoms with van der Waals surface area (Å²) in [5.74, 6) is 0. The van der Waals surface area contributed by atoms with Crippen molar-refractivity contribution >= 4 is 9.84 Å². The molecule has 0 unspecified atom stereocenters. The van der Waals surface area contributed by atoms with Gasteiger partial charge in [-0.25, -0.2) is 8.42 Å². The van der Waals surface area contributed by atoms with E-state index in [0.717, 1.165) is 22.3 Å². The molecule has 0 fully saturated rings. The van der Waals surface area contributed by atoms with Crippen LogP contribution in [0.2, 0.25) is 0 Å². The van der Waals surface area contributed by atoms with Crippen LogP contribution in [0.4, 0.5) is 0 Å². The van der Waals surface area contributed by atoms with Gasteiger partial charge in [0.2, 0.25) is 9.84 Å². The smallest absolute Gasteiger partial charge is 0.207 e. The number of benzene rings is 2. The average Bonchev–Trinajstić information content (AvgIpc) is 2.27. The van der Waals surface area contributed by atoms with E-state index in [-0.39, 0.29) is 0 Å². The Labute approximate surface area is 107 Å². The van der Waals surface area contributed by atoms with Crippen LogP contribution in [0.15, 0.2) is 46.2 Å². The van der Waals surface area contributed by atoms with Crippen LogP contribution < -0.4 is 0 Å². The largest absolute Gasteiger partial charge is 0.218 e. The van der Waals surface area contributed by atoms with E-state index in [4.69, 9.17) is 0 Å². The summed E-state index contributed by atoms with van der Waals surface area (Å²) in [7, 11) is -3.35. The van der Waals surface area contributed by atoms with E-state index in [9.17, 15) is 8.42 Å². The van der Waals surface area contributed by atoms with Gasteiger partial charge in [0.15, 0.2) is 0 Å². The highest BCUT2D eigenvalue weighted by molar-refractivity contribution is 7.91. The maximum Gasteiger partial charge on any atom is 0.207 e. The normalized spacial score (nSPS) is 15.9. The Morgan fingerprint density at radius 3 is 2.50 bits per heavy atom. The topological polar surface area (TPSA) is 34.1 Å². The molecule has 0 spiro atoms. The van der Waals surface area contributed by atoms with Gasteiger partial charge in [-0.15, -0.1) is 0 Å². The molecule has 2 aromatic rings. The van der Waals surface area contributed by atoms with Crippen molar-refractivity contribution in [1.82, 2.24) is 0 Å². The van der Waals surface area contributed by atoms with Crippen molar-refractivity contribution < 1.29 is 8.42 Å². The van der Waals surface area contributed by atoms with E-state index in [1.165, 1.54) is 0 Å². The second kappa shape index (κ2) is 3.69. The molecule has 0 saturated heterocycles. The van der Waals surface area contributed by atoms with Crippen molar-refractivity contribution in [1.29, 1.82) is 0 Å². The Morgan fingerprint density at radius 1 is 1.00 bits per heavy atom. The van der Waals surface area contributed by atoms with E-state index in [1.807, 2.05) is 38.1 Å². The summed E-state index contributed by atoms with van der Waals surface area (Å²) < 4.78 is 25.3. The summed E-state index contributed by atoms with van der Waals surface area (Å²) in [6.45, 7) is 3.87. The van der Waals surface area contributed by atoms with E-state index in [1.54, 1.807) is 12.1 Å². The fourth-order valence-corrected chi connectivity index (χ4v) is 4.71. The average molecular weight is 258 g/mol. The highest BCUT2D eigenvalue weighted by Crippen LogP contribution is 2.36. The summed E-state index contributed by atoms with van der Waals surface area (Å²) in [5.41, 5.74) is 3.78. The van der Waals surface area contributed by atoms with Crippen LogP contribution in [0.25, 0.3) is 0 Å². The molecule has 92 valence electrons. The molecule has 3 rings (SSSR count). The first-order valence-electron chi connectivity index (χ1n) is 5.93. The zero-order valence-corrected chi connectivity index (χ0v) is 11.2. The fraction of sp³-hybridized carbons (Fsp3) is 0.200. The molecular weight excluding hydrogens is 244 g/mol. The monoisotopic (exact) mass is 258 g/mol. The van der Waals surface area contributed by atoms with Gasteiger partial charge >= 0.3 is 0 Å². The molecule has 0 bridgehead atoms. The van der Waals surface area contributed by atoms with Crippen LogP contribution in [0.3, 0.4) is 0 Å². The highest BCUT2D eigenvalue weighted by Gasteiger charge is 2.30. The van der Waals surface area contributed by atoms with Crippen molar-refractivity contribution in [2.75, 3.05) is 0 Å². The number of sulfone groups is 1. The van der Waals surface area contributed by atoms with Crippen LogP contribution in [0.5, 0.6) is 0 Å². The Hall–Kier alpha value is -1.61. The highest BCUT2D eigenvalue weighted by atomic mass is 32.2. The van der Waals surface area contributed by atoms with Gasteiger partial charge in [-0.2, -0.15) is 0 Å². The van der Waals surface area contributed by atoms with Gasteiger partial charge in [0.1, 0.15) is 0 Å². The first kappa shape index (κ1) is 11.5. The maximum absolute atomic E-state index is 12.6. The number of rotatable bonds is 0. The predicted molar refractivity (Wildman–Crippen MR) is 70.6 cm³/mol. The standard InChI is InChI=1S/C15H14O2S/c1-10-7-11(2)15-13(8-10)9-12-5-3-4-6-14(12)18(15,16)17/h3-8H,9H2,1-2H3. The first-order valence-corrected chi connectivity index (χ1v) is 7.41. The van der Waals surface area contributed by atoms with Gasteiger partial charge in [-0.1, -0.05) is 35.9 Å². The maximum atomic E-state index is 12.6. The molecule has 0 amide bonds. The minimum absolute atomic E-state index is 0.462. The zero-order chi connectivity index (χ0) is 12.9. The minimum Gasteiger partial charge on any atom is -0.218 e. The lowest BCUT2D eigenvalue weighted by Gasteiger charge is -2.22. The third-order valence-corrected chi connectivity index (χ3v) is 5.51. The lowest BCUT2D eigenvalue weighted by molar-refractivity contribution is 0.591. The van der Waals surface area contributed by atoms with Crippen molar-refractivity contribution in [2.45, 2.75) is 30.1 Å². The second-order valence-electron chi connectivity index (χ2n) is 4.86. The van der Waals surface area contributed by atoms with Crippen LogP contribution >= 0.6 is 0 Å². The molecule has 0 radical (unpaired) electrons. The van der Waals surface area contributed by atoms with E-state index >= 15 is 0 Å². The molecular formula is C15H14O2S. The number of aryl methyl sites for hydroxylation is 2. The molecule has 0 N–H and O–H groups in total. The third-order valence-electron chi connectivity index (χ3n) is 3.41. The number of fused-ring (bicyclic) bond motifs is 2. The number of hydrogen-bond acceptors (Lipinski definition) is 2. The molecule has 1 heterocycles. The van der Waals surface area contributed by atoms with Gasteiger partial charge in [0, 0.05) is 6.42 Å². The zero-order valence-electron chi connectivity index (χ0n) is 10.4. The predicted octanol–water partition coefficient (Wildman–Crippen LogP) is 3.04.